The summed E-state index contributed by atoms with van der Waals surface area (Å²) in [5, 5.41) is 12.4. The van der Waals surface area contributed by atoms with Crippen LogP contribution in [0.25, 0.3) is 11.1 Å². The predicted octanol–water partition coefficient (Wildman–Crippen LogP) is 5.50. The van der Waals surface area contributed by atoms with Crippen molar-refractivity contribution < 1.29 is 23.1 Å². The maximum atomic E-state index is 13.9. The van der Waals surface area contributed by atoms with Crippen molar-refractivity contribution in [1.29, 1.82) is 0 Å². The lowest BCUT2D eigenvalue weighted by molar-refractivity contribution is 0.0993. The van der Waals surface area contributed by atoms with Crippen molar-refractivity contribution >= 4 is 26.6 Å². The molecule has 0 bridgehead atoms. The molecule has 3 aromatic carbocycles. The number of amides is 2. The Kier molecular flexibility index (Phi) is 8.19. The van der Waals surface area contributed by atoms with Crippen LogP contribution in [0.3, 0.4) is 0 Å². The summed E-state index contributed by atoms with van der Waals surface area (Å²) in [5.74, 6) is 1.55. The molecule has 192 valence electrons. The van der Waals surface area contributed by atoms with E-state index in [-0.39, 0.29) is 12.2 Å². The van der Waals surface area contributed by atoms with E-state index in [2.05, 4.69) is 16.1 Å². The first-order chi connectivity index (χ1) is 17.6. The minimum Gasteiger partial charge on any atom is -0.392 e. The highest BCUT2D eigenvalue weighted by Gasteiger charge is 2.29. The van der Waals surface area contributed by atoms with Gasteiger partial charge in [-0.15, -0.1) is 6.42 Å². The number of halogens is 3. The number of benzene rings is 3. The lowest BCUT2D eigenvalue weighted by Gasteiger charge is -2.26. The average molecular weight is 526 g/mol. The molecule has 1 aliphatic rings. The SMILES string of the molecule is C#Cc1cccc(-c2ccc(N(CCN3CCC(O)C3)C(=O)Nc3ccc(F)c(C(F)(F)P)c3)cc2)c1. The highest BCUT2D eigenvalue weighted by Crippen LogP contribution is 2.37. The molecule has 1 fully saturated rings. The number of carbonyl (C=O) groups excluding carboxylic acids is 1. The summed E-state index contributed by atoms with van der Waals surface area (Å²) in [4.78, 5) is 16.9. The zero-order chi connectivity index (χ0) is 26.6. The van der Waals surface area contributed by atoms with E-state index in [9.17, 15) is 23.1 Å². The third-order valence-corrected chi connectivity index (χ3v) is 6.56. The molecule has 0 aliphatic carbocycles. The molecule has 2 unspecified atom stereocenters. The first-order valence-corrected chi connectivity index (χ1v) is 12.3. The summed E-state index contributed by atoms with van der Waals surface area (Å²) >= 11 is 0. The van der Waals surface area contributed by atoms with Crippen molar-refractivity contribution in [3.63, 3.8) is 0 Å². The second kappa shape index (κ2) is 11.4. The van der Waals surface area contributed by atoms with E-state index in [1.165, 1.54) is 20.2 Å². The van der Waals surface area contributed by atoms with Crippen LogP contribution in [-0.4, -0.2) is 48.3 Å². The molecule has 0 saturated carbocycles. The third kappa shape index (κ3) is 6.69. The molecular weight excluding hydrogens is 498 g/mol. The Morgan fingerprint density at radius 2 is 1.92 bits per heavy atom. The van der Waals surface area contributed by atoms with Gasteiger partial charge in [-0.25, -0.2) is 9.18 Å². The second-order valence-electron chi connectivity index (χ2n) is 8.91. The van der Waals surface area contributed by atoms with E-state index in [0.717, 1.165) is 28.8 Å². The molecule has 9 heteroatoms. The smallest absolute Gasteiger partial charge is 0.326 e. The molecule has 0 spiro atoms. The number of nitrogens with one attached hydrogen (secondary N) is 1. The summed E-state index contributed by atoms with van der Waals surface area (Å²) in [6.45, 7) is 2.03. The highest BCUT2D eigenvalue weighted by molar-refractivity contribution is 7.17. The van der Waals surface area contributed by atoms with Gasteiger partial charge in [-0.05, 0) is 60.0 Å². The van der Waals surface area contributed by atoms with Crippen LogP contribution in [0, 0.1) is 18.2 Å². The van der Waals surface area contributed by atoms with Gasteiger partial charge in [0.25, 0.3) is 5.66 Å². The fourth-order valence-electron chi connectivity index (χ4n) is 4.28. The molecule has 1 aliphatic heterocycles. The Labute approximate surface area is 216 Å². The number of rotatable bonds is 7. The van der Waals surface area contributed by atoms with Gasteiger partial charge in [-0.3, -0.25) is 9.80 Å². The van der Waals surface area contributed by atoms with Crippen molar-refractivity contribution in [2.24, 2.45) is 0 Å². The van der Waals surface area contributed by atoms with Crippen molar-refractivity contribution in [1.82, 2.24) is 4.90 Å². The quantitative estimate of drug-likeness (QED) is 0.316. The van der Waals surface area contributed by atoms with E-state index in [1.807, 2.05) is 36.4 Å². The van der Waals surface area contributed by atoms with Crippen molar-refractivity contribution in [2.45, 2.75) is 18.2 Å². The molecular formula is C28H27F3N3O2P. The summed E-state index contributed by atoms with van der Waals surface area (Å²) in [5.41, 5.74) is -1.07. The Hall–Kier alpha value is -3.37. The minimum absolute atomic E-state index is 0.0489. The first-order valence-electron chi connectivity index (χ1n) is 11.8. The largest absolute Gasteiger partial charge is 0.392 e. The van der Waals surface area contributed by atoms with Gasteiger partial charge < -0.3 is 10.4 Å². The van der Waals surface area contributed by atoms with Gasteiger partial charge >= 0.3 is 6.03 Å². The Morgan fingerprint density at radius 1 is 1.16 bits per heavy atom. The molecule has 37 heavy (non-hydrogen) atoms. The number of anilines is 2. The van der Waals surface area contributed by atoms with Gasteiger partial charge in [0.05, 0.1) is 11.7 Å². The number of aliphatic hydroxyl groups is 1. The Morgan fingerprint density at radius 3 is 2.57 bits per heavy atom. The minimum atomic E-state index is -3.48. The maximum Gasteiger partial charge on any atom is 0.326 e. The number of aliphatic hydroxyl groups excluding tert-OH is 1. The fraction of sp³-hybridized carbons (Fsp3) is 0.250. The van der Waals surface area contributed by atoms with Crippen LogP contribution >= 0.6 is 9.24 Å². The molecule has 1 saturated heterocycles. The second-order valence-corrected chi connectivity index (χ2v) is 9.64. The van der Waals surface area contributed by atoms with Crippen LogP contribution in [0.5, 0.6) is 0 Å². The normalized spacial score (nSPS) is 15.8. The molecule has 3 aromatic rings. The van der Waals surface area contributed by atoms with Gasteiger partial charge in [0.1, 0.15) is 5.82 Å². The third-order valence-electron chi connectivity index (χ3n) is 6.25. The van der Waals surface area contributed by atoms with E-state index in [4.69, 9.17) is 6.42 Å². The number of alkyl halides is 2. The maximum absolute atomic E-state index is 13.9. The van der Waals surface area contributed by atoms with Crippen molar-refractivity contribution in [3.8, 4) is 23.5 Å². The molecule has 2 N–H and O–H groups in total. The Balaban J connectivity index is 1.58. The van der Waals surface area contributed by atoms with Crippen molar-refractivity contribution in [3.05, 3.63) is 83.7 Å². The van der Waals surface area contributed by atoms with Crippen LogP contribution in [0.1, 0.15) is 17.5 Å². The zero-order valence-electron chi connectivity index (χ0n) is 20.0. The Bertz CT molecular complexity index is 1310. The van der Waals surface area contributed by atoms with Crippen LogP contribution in [0.4, 0.5) is 29.3 Å². The lowest BCUT2D eigenvalue weighted by atomic mass is 10.0. The molecule has 2 atom stereocenters. The summed E-state index contributed by atoms with van der Waals surface area (Å²) in [6, 6.07) is 17.4. The lowest BCUT2D eigenvalue weighted by Crippen LogP contribution is -2.40. The summed E-state index contributed by atoms with van der Waals surface area (Å²) in [7, 11) is 1.30. The molecule has 0 radical (unpaired) electrons. The molecule has 2 amide bonds. The predicted molar refractivity (Wildman–Crippen MR) is 143 cm³/mol. The van der Waals surface area contributed by atoms with Gasteiger partial charge in [-0.2, -0.15) is 8.78 Å². The van der Waals surface area contributed by atoms with Gasteiger partial charge in [0.2, 0.25) is 0 Å². The summed E-state index contributed by atoms with van der Waals surface area (Å²) in [6.07, 6.45) is 5.78. The van der Waals surface area contributed by atoms with Gasteiger partial charge in [0, 0.05) is 43.1 Å². The van der Waals surface area contributed by atoms with E-state index >= 15 is 0 Å². The first kappa shape index (κ1) is 26.7. The fourth-order valence-corrected chi connectivity index (χ4v) is 4.50. The van der Waals surface area contributed by atoms with Crippen LogP contribution in [-0.2, 0) is 5.66 Å². The van der Waals surface area contributed by atoms with E-state index in [0.29, 0.717) is 31.7 Å². The average Bonchev–Trinajstić information content (AvgIpc) is 3.30. The van der Waals surface area contributed by atoms with Gasteiger partial charge in [0.15, 0.2) is 0 Å². The summed E-state index contributed by atoms with van der Waals surface area (Å²) < 4.78 is 41.5. The number of nitrogens with zero attached hydrogens (tertiary/aromatic N) is 2. The van der Waals surface area contributed by atoms with E-state index < -0.39 is 29.2 Å². The standard InChI is InChI=1S/C28H27F3N3O2P/c1-2-19-4-3-5-21(16-19)20-6-9-23(10-7-20)34(15-14-33-13-12-24(35)18-33)27(36)32-22-8-11-26(29)25(17-22)28(30,31)37/h1,3-11,16-17,24,35H,12-15,18,37H2,(H,32,36). The van der Waals surface area contributed by atoms with Crippen molar-refractivity contribution in [2.75, 3.05) is 36.4 Å². The zero-order valence-corrected chi connectivity index (χ0v) is 21.2. The van der Waals surface area contributed by atoms with Crippen LogP contribution in [0.15, 0.2) is 66.7 Å². The topological polar surface area (TPSA) is 55.8 Å². The van der Waals surface area contributed by atoms with Crippen LogP contribution in [0.2, 0.25) is 0 Å². The van der Waals surface area contributed by atoms with Gasteiger partial charge in [-0.1, -0.05) is 39.4 Å². The molecule has 1 heterocycles. The monoisotopic (exact) mass is 525 g/mol. The van der Waals surface area contributed by atoms with Crippen LogP contribution < -0.4 is 10.2 Å². The number of hydrogen-bond acceptors (Lipinski definition) is 3. The molecule has 0 aromatic heterocycles. The number of carbonyl (C=O) groups is 1. The number of hydrogen-bond donors (Lipinski definition) is 2. The van der Waals surface area contributed by atoms with E-state index in [1.54, 1.807) is 12.1 Å². The molecule has 4 rings (SSSR count). The number of urea groups is 1. The highest BCUT2D eigenvalue weighted by atomic mass is 31.0. The number of likely N-dealkylation sites (tertiary alicyclic amines) is 1. The number of terminal acetylenes is 1. The number of β-amino-alcohol motifs (C(OH)–C–C–N with tert-alkyl or cyclic N) is 1. The molecule has 5 nitrogen and oxygen atoms in total.